The van der Waals surface area contributed by atoms with Crippen molar-refractivity contribution in [2.45, 2.75) is 39.3 Å². The summed E-state index contributed by atoms with van der Waals surface area (Å²) in [5.41, 5.74) is 4.40. The smallest absolute Gasteiger partial charge is 0.392 e. The van der Waals surface area contributed by atoms with Gasteiger partial charge in [0.2, 0.25) is 0 Å². The first kappa shape index (κ1) is 16.9. The molecule has 128 valence electrons. The van der Waals surface area contributed by atoms with E-state index < -0.39 is 12.1 Å². The molecule has 4 heteroatoms. The lowest BCUT2D eigenvalue weighted by Crippen LogP contribution is -2.27. The molecule has 1 aliphatic carbocycles. The first-order valence-electron chi connectivity index (χ1n) is 8.26. The molecule has 0 aromatic heterocycles. The maximum atomic E-state index is 13.4. The molecule has 1 unspecified atom stereocenters. The molecule has 0 bridgehead atoms. The highest BCUT2D eigenvalue weighted by atomic mass is 19.4. The average molecular weight is 334 g/mol. The lowest BCUT2D eigenvalue weighted by atomic mass is 9.87. The highest BCUT2D eigenvalue weighted by Gasteiger charge is 2.40. The molecular weight excluding hydrogens is 313 g/mol. The fourth-order valence-corrected chi connectivity index (χ4v) is 3.64. The number of hydrogen-bond donors (Lipinski definition) is 1. The van der Waals surface area contributed by atoms with Gasteiger partial charge in [0.15, 0.2) is 0 Å². The minimum absolute atomic E-state index is 0.0282. The SMILES string of the molecule is CC(C)CC(Cc1c(O)ccc2c1Cc1ccccc1-2)C(F)(F)F. The van der Waals surface area contributed by atoms with E-state index in [1.165, 1.54) is 6.07 Å². The second kappa shape index (κ2) is 6.15. The van der Waals surface area contributed by atoms with Crippen molar-refractivity contribution in [3.63, 3.8) is 0 Å². The van der Waals surface area contributed by atoms with Crippen LogP contribution >= 0.6 is 0 Å². The zero-order chi connectivity index (χ0) is 17.5. The van der Waals surface area contributed by atoms with Crippen molar-refractivity contribution in [1.82, 2.24) is 0 Å². The number of alkyl halides is 3. The summed E-state index contributed by atoms with van der Waals surface area (Å²) in [6.07, 6.45) is -3.77. The van der Waals surface area contributed by atoms with Crippen LogP contribution in [-0.4, -0.2) is 11.3 Å². The summed E-state index contributed by atoms with van der Waals surface area (Å²) >= 11 is 0. The monoisotopic (exact) mass is 334 g/mol. The largest absolute Gasteiger partial charge is 0.508 e. The molecule has 0 radical (unpaired) electrons. The Bertz CT molecular complexity index is 747. The summed E-state index contributed by atoms with van der Waals surface area (Å²) in [4.78, 5) is 0. The van der Waals surface area contributed by atoms with Gasteiger partial charge in [-0.2, -0.15) is 13.2 Å². The second-order valence-corrected chi connectivity index (χ2v) is 7.00. The molecule has 2 aromatic carbocycles. The second-order valence-electron chi connectivity index (χ2n) is 7.00. The Balaban J connectivity index is 2.00. The van der Waals surface area contributed by atoms with Crippen molar-refractivity contribution in [2.75, 3.05) is 0 Å². The Morgan fingerprint density at radius 1 is 1.04 bits per heavy atom. The molecule has 0 saturated heterocycles. The Morgan fingerprint density at radius 2 is 1.75 bits per heavy atom. The summed E-state index contributed by atoms with van der Waals surface area (Å²) in [5.74, 6) is -1.51. The maximum absolute atomic E-state index is 13.4. The minimum atomic E-state index is -4.26. The van der Waals surface area contributed by atoms with Crippen molar-refractivity contribution < 1.29 is 18.3 Å². The predicted molar refractivity (Wildman–Crippen MR) is 89.1 cm³/mol. The molecule has 0 aliphatic heterocycles. The molecule has 0 saturated carbocycles. The first-order chi connectivity index (χ1) is 11.3. The quantitative estimate of drug-likeness (QED) is 0.646. The van der Waals surface area contributed by atoms with E-state index in [1.54, 1.807) is 13.8 Å². The van der Waals surface area contributed by atoms with E-state index in [0.29, 0.717) is 12.0 Å². The summed E-state index contributed by atoms with van der Waals surface area (Å²) in [7, 11) is 0. The topological polar surface area (TPSA) is 20.2 Å². The molecule has 3 rings (SSSR count). The van der Waals surface area contributed by atoms with Crippen LogP contribution in [-0.2, 0) is 12.8 Å². The minimum Gasteiger partial charge on any atom is -0.508 e. The van der Waals surface area contributed by atoms with Crippen LogP contribution in [0.25, 0.3) is 11.1 Å². The highest BCUT2D eigenvalue weighted by molar-refractivity contribution is 5.79. The number of aromatic hydroxyl groups is 1. The molecule has 24 heavy (non-hydrogen) atoms. The van der Waals surface area contributed by atoms with Crippen molar-refractivity contribution in [3.05, 3.63) is 53.1 Å². The van der Waals surface area contributed by atoms with Crippen LogP contribution in [0, 0.1) is 11.8 Å². The number of rotatable bonds is 4. The molecule has 0 spiro atoms. The Morgan fingerprint density at radius 3 is 2.42 bits per heavy atom. The molecule has 2 aromatic rings. The molecule has 0 fully saturated rings. The van der Waals surface area contributed by atoms with Crippen LogP contribution in [0.4, 0.5) is 13.2 Å². The highest BCUT2D eigenvalue weighted by Crippen LogP contribution is 2.44. The maximum Gasteiger partial charge on any atom is 0.392 e. The van der Waals surface area contributed by atoms with Gasteiger partial charge < -0.3 is 5.11 Å². The number of phenols is 1. The molecule has 1 nitrogen and oxygen atoms in total. The third-order valence-corrected chi connectivity index (χ3v) is 4.75. The Labute approximate surface area is 140 Å². The van der Waals surface area contributed by atoms with Crippen molar-refractivity contribution in [1.29, 1.82) is 0 Å². The number of hydrogen-bond acceptors (Lipinski definition) is 1. The fraction of sp³-hybridized carbons (Fsp3) is 0.400. The lowest BCUT2D eigenvalue weighted by molar-refractivity contribution is -0.178. The van der Waals surface area contributed by atoms with E-state index >= 15 is 0 Å². The lowest BCUT2D eigenvalue weighted by Gasteiger charge is -2.23. The number of benzene rings is 2. The van der Waals surface area contributed by atoms with Crippen molar-refractivity contribution >= 4 is 0 Å². The van der Waals surface area contributed by atoms with Gasteiger partial charge >= 0.3 is 6.18 Å². The third kappa shape index (κ3) is 3.14. The summed E-state index contributed by atoms with van der Waals surface area (Å²) in [6.45, 7) is 3.59. The van der Waals surface area contributed by atoms with Crippen LogP contribution in [0.3, 0.4) is 0 Å². The number of phenolic OH excluding ortho intramolecular Hbond substituents is 1. The van der Waals surface area contributed by atoms with Gasteiger partial charge in [0, 0.05) is 0 Å². The van der Waals surface area contributed by atoms with E-state index in [1.807, 2.05) is 30.3 Å². The third-order valence-electron chi connectivity index (χ3n) is 4.75. The molecule has 1 aliphatic rings. The van der Waals surface area contributed by atoms with Crippen LogP contribution < -0.4 is 0 Å². The van der Waals surface area contributed by atoms with Gasteiger partial charge in [-0.15, -0.1) is 0 Å². The predicted octanol–water partition coefficient (Wildman–Crippen LogP) is 5.73. The van der Waals surface area contributed by atoms with Crippen molar-refractivity contribution in [3.8, 4) is 16.9 Å². The summed E-state index contributed by atoms with van der Waals surface area (Å²) < 4.78 is 40.3. The van der Waals surface area contributed by atoms with E-state index in [4.69, 9.17) is 0 Å². The van der Waals surface area contributed by atoms with Gasteiger partial charge in [-0.3, -0.25) is 0 Å². The molecule has 1 N–H and O–H groups in total. The molecule has 1 atom stereocenters. The molecular formula is C20H21F3O. The standard InChI is InChI=1S/C20H21F3O/c1-12(2)9-14(20(21,22)23)11-18-17-10-13-5-3-4-6-15(13)16(17)7-8-19(18)24/h3-8,12,14,24H,9-11H2,1-2H3. The average Bonchev–Trinajstić information content (AvgIpc) is 2.86. The van der Waals surface area contributed by atoms with E-state index in [2.05, 4.69) is 0 Å². The van der Waals surface area contributed by atoms with Crippen LogP contribution in [0.5, 0.6) is 5.75 Å². The van der Waals surface area contributed by atoms with Gasteiger partial charge in [0.25, 0.3) is 0 Å². The van der Waals surface area contributed by atoms with E-state index in [9.17, 15) is 18.3 Å². The van der Waals surface area contributed by atoms with Gasteiger partial charge in [-0.1, -0.05) is 44.2 Å². The number of fused-ring (bicyclic) bond motifs is 3. The van der Waals surface area contributed by atoms with Gasteiger partial charge in [-0.25, -0.2) is 0 Å². The zero-order valence-electron chi connectivity index (χ0n) is 13.8. The molecule has 0 amide bonds. The van der Waals surface area contributed by atoms with Crippen LogP contribution in [0.15, 0.2) is 36.4 Å². The van der Waals surface area contributed by atoms with E-state index in [-0.39, 0.29) is 24.5 Å². The number of halogens is 3. The summed E-state index contributed by atoms with van der Waals surface area (Å²) in [5, 5.41) is 10.2. The Kier molecular flexibility index (Phi) is 4.33. The van der Waals surface area contributed by atoms with Gasteiger partial charge in [0.05, 0.1) is 5.92 Å². The van der Waals surface area contributed by atoms with Crippen molar-refractivity contribution in [2.24, 2.45) is 11.8 Å². The molecule has 0 heterocycles. The zero-order valence-corrected chi connectivity index (χ0v) is 13.8. The van der Waals surface area contributed by atoms with Gasteiger partial charge in [-0.05, 0) is 59.1 Å². The van der Waals surface area contributed by atoms with Crippen LogP contribution in [0.1, 0.15) is 37.0 Å². The van der Waals surface area contributed by atoms with Crippen LogP contribution in [0.2, 0.25) is 0 Å². The normalized spacial score (nSPS) is 14.6. The fourth-order valence-electron chi connectivity index (χ4n) is 3.64. The first-order valence-corrected chi connectivity index (χ1v) is 8.26. The Hall–Kier alpha value is -1.97. The van der Waals surface area contributed by atoms with E-state index in [0.717, 1.165) is 22.3 Å². The summed E-state index contributed by atoms with van der Waals surface area (Å²) in [6, 6.07) is 11.2. The van der Waals surface area contributed by atoms with Gasteiger partial charge in [0.1, 0.15) is 5.75 Å².